The normalized spacial score (nSPS) is 15.8. The summed E-state index contributed by atoms with van der Waals surface area (Å²) in [4.78, 5) is 12.6. The van der Waals surface area contributed by atoms with E-state index in [1.54, 1.807) is 7.11 Å². The number of hydrogen-bond donors (Lipinski definition) is 1. The molecule has 0 radical (unpaired) electrons. The number of carbonyl (C=O) groups excluding carboxylic acids is 1. The molecule has 2 aromatic carbocycles. The molecule has 6 nitrogen and oxygen atoms in total. The van der Waals surface area contributed by atoms with Gasteiger partial charge in [-0.2, -0.15) is 0 Å². The Labute approximate surface area is 163 Å². The molecule has 1 amide bonds. The quantitative estimate of drug-likeness (QED) is 0.734. The molecule has 6 heteroatoms. The Kier molecular flexibility index (Phi) is 5.28. The van der Waals surface area contributed by atoms with Crippen LogP contribution in [0.15, 0.2) is 59.1 Å². The Morgan fingerprint density at radius 2 is 2.11 bits per heavy atom. The summed E-state index contributed by atoms with van der Waals surface area (Å²) in [5, 5.41) is 7.06. The van der Waals surface area contributed by atoms with Gasteiger partial charge in [-0.05, 0) is 36.6 Å². The van der Waals surface area contributed by atoms with Crippen LogP contribution in [0.5, 0.6) is 11.5 Å². The third kappa shape index (κ3) is 4.01. The first-order chi connectivity index (χ1) is 13.7. The Morgan fingerprint density at radius 1 is 1.21 bits per heavy atom. The maximum atomic E-state index is 12.6. The summed E-state index contributed by atoms with van der Waals surface area (Å²) in [7, 11) is 1.62. The summed E-state index contributed by atoms with van der Waals surface area (Å²) >= 11 is 0. The third-order valence-electron chi connectivity index (χ3n) is 4.89. The molecule has 28 heavy (non-hydrogen) atoms. The summed E-state index contributed by atoms with van der Waals surface area (Å²) in [6, 6.07) is 17.3. The number of fused-ring (bicyclic) bond motifs is 1. The van der Waals surface area contributed by atoms with Gasteiger partial charge in [-0.1, -0.05) is 35.5 Å². The van der Waals surface area contributed by atoms with Gasteiger partial charge in [-0.3, -0.25) is 4.79 Å². The molecule has 0 saturated heterocycles. The first kappa shape index (κ1) is 18.1. The van der Waals surface area contributed by atoms with E-state index in [1.165, 1.54) is 0 Å². The van der Waals surface area contributed by atoms with Crippen LogP contribution in [-0.2, 0) is 17.8 Å². The second-order valence-corrected chi connectivity index (χ2v) is 6.77. The Bertz CT molecular complexity index is 966. The molecule has 0 fully saturated rings. The maximum Gasteiger partial charge on any atom is 0.223 e. The molecule has 1 aliphatic heterocycles. The molecular weight excluding hydrogens is 356 g/mol. The van der Waals surface area contributed by atoms with Crippen molar-refractivity contribution in [3.05, 3.63) is 65.9 Å². The number of amides is 1. The molecule has 144 valence electrons. The van der Waals surface area contributed by atoms with E-state index >= 15 is 0 Å². The van der Waals surface area contributed by atoms with E-state index in [4.69, 9.17) is 14.0 Å². The average molecular weight is 378 g/mol. The van der Waals surface area contributed by atoms with Gasteiger partial charge >= 0.3 is 0 Å². The molecule has 1 aliphatic rings. The fourth-order valence-electron chi connectivity index (χ4n) is 3.35. The van der Waals surface area contributed by atoms with Crippen LogP contribution in [-0.4, -0.2) is 24.8 Å². The van der Waals surface area contributed by atoms with E-state index in [1.807, 2.05) is 54.6 Å². The zero-order chi connectivity index (χ0) is 19.3. The molecule has 0 unspecified atom stereocenters. The van der Waals surface area contributed by atoms with Gasteiger partial charge in [0.15, 0.2) is 5.76 Å². The van der Waals surface area contributed by atoms with E-state index in [2.05, 4.69) is 10.5 Å². The van der Waals surface area contributed by atoms with Crippen LogP contribution in [0, 0.1) is 5.92 Å². The van der Waals surface area contributed by atoms with Gasteiger partial charge in [-0.15, -0.1) is 0 Å². The Morgan fingerprint density at radius 3 is 3.00 bits per heavy atom. The number of nitrogens with one attached hydrogen (secondary N) is 1. The average Bonchev–Trinajstić information content (AvgIpc) is 3.10. The zero-order valence-corrected chi connectivity index (χ0v) is 15.7. The highest BCUT2D eigenvalue weighted by Crippen LogP contribution is 2.27. The van der Waals surface area contributed by atoms with Gasteiger partial charge in [0.25, 0.3) is 0 Å². The number of methoxy groups -OCH3 is 1. The van der Waals surface area contributed by atoms with E-state index < -0.39 is 0 Å². The predicted molar refractivity (Wildman–Crippen MR) is 104 cm³/mol. The summed E-state index contributed by atoms with van der Waals surface area (Å²) < 4.78 is 16.4. The number of aromatic nitrogens is 1. The first-order valence-electron chi connectivity index (χ1n) is 9.31. The van der Waals surface area contributed by atoms with Gasteiger partial charge < -0.3 is 19.3 Å². The highest BCUT2D eigenvalue weighted by atomic mass is 16.5. The molecular formula is C22H22N2O4. The van der Waals surface area contributed by atoms with Crippen molar-refractivity contribution in [2.45, 2.75) is 19.4 Å². The largest absolute Gasteiger partial charge is 0.497 e. The van der Waals surface area contributed by atoms with E-state index in [9.17, 15) is 4.79 Å². The molecule has 0 bridgehead atoms. The molecule has 3 aromatic rings. The maximum absolute atomic E-state index is 12.6. The molecule has 1 aromatic heterocycles. The standard InChI is InChI=1S/C22H22N2O4/c1-26-18-7-4-6-15(12-18)20-13-19(28-24-20)14-23-22(25)17-9-10-27-21-8-3-2-5-16(21)11-17/h2-8,12-13,17H,9-11,14H2,1H3,(H,23,25)/t17-/m1/s1. The predicted octanol–water partition coefficient (Wildman–Crippen LogP) is 3.61. The molecule has 1 atom stereocenters. The number of benzene rings is 2. The fourth-order valence-corrected chi connectivity index (χ4v) is 3.35. The van der Waals surface area contributed by atoms with Gasteiger partial charge in [0.1, 0.15) is 17.2 Å². The number of rotatable bonds is 5. The van der Waals surface area contributed by atoms with Crippen molar-refractivity contribution in [2.24, 2.45) is 5.92 Å². The topological polar surface area (TPSA) is 73.6 Å². The molecule has 0 spiro atoms. The van der Waals surface area contributed by atoms with Crippen LogP contribution >= 0.6 is 0 Å². The minimum Gasteiger partial charge on any atom is -0.497 e. The van der Waals surface area contributed by atoms with Crippen LogP contribution in [0.1, 0.15) is 17.7 Å². The van der Waals surface area contributed by atoms with E-state index in [0.29, 0.717) is 37.4 Å². The number of carbonyl (C=O) groups is 1. The highest BCUT2D eigenvalue weighted by molar-refractivity contribution is 5.79. The Balaban J connectivity index is 1.38. The lowest BCUT2D eigenvalue weighted by atomic mass is 9.96. The third-order valence-corrected chi connectivity index (χ3v) is 4.89. The summed E-state index contributed by atoms with van der Waals surface area (Å²) in [6.45, 7) is 0.839. The second kappa shape index (κ2) is 8.17. The first-order valence-corrected chi connectivity index (χ1v) is 9.31. The molecule has 0 saturated carbocycles. The monoisotopic (exact) mass is 378 g/mol. The van der Waals surface area contributed by atoms with Gasteiger partial charge in [0, 0.05) is 17.5 Å². The fraction of sp³-hybridized carbons (Fsp3) is 0.273. The lowest BCUT2D eigenvalue weighted by Gasteiger charge is -2.13. The van der Waals surface area contributed by atoms with E-state index in [0.717, 1.165) is 22.6 Å². The van der Waals surface area contributed by atoms with Crippen molar-refractivity contribution in [1.29, 1.82) is 0 Å². The Hall–Kier alpha value is -3.28. The van der Waals surface area contributed by atoms with Crippen LogP contribution in [0.3, 0.4) is 0 Å². The van der Waals surface area contributed by atoms with Crippen LogP contribution in [0.4, 0.5) is 0 Å². The summed E-state index contributed by atoms with van der Waals surface area (Å²) in [6.07, 6.45) is 1.36. The summed E-state index contributed by atoms with van der Waals surface area (Å²) in [5.74, 6) is 2.11. The van der Waals surface area contributed by atoms with Crippen molar-refractivity contribution < 1.29 is 18.8 Å². The molecule has 2 heterocycles. The van der Waals surface area contributed by atoms with Crippen molar-refractivity contribution in [1.82, 2.24) is 10.5 Å². The zero-order valence-electron chi connectivity index (χ0n) is 15.7. The molecule has 4 rings (SSSR count). The number of hydrogen-bond acceptors (Lipinski definition) is 5. The van der Waals surface area contributed by atoms with Crippen molar-refractivity contribution in [3.63, 3.8) is 0 Å². The highest BCUT2D eigenvalue weighted by Gasteiger charge is 2.23. The van der Waals surface area contributed by atoms with Gasteiger partial charge in [-0.25, -0.2) is 0 Å². The molecule has 0 aliphatic carbocycles. The van der Waals surface area contributed by atoms with Crippen molar-refractivity contribution in [3.8, 4) is 22.8 Å². The lowest BCUT2D eigenvalue weighted by Crippen LogP contribution is -2.31. The minimum atomic E-state index is -0.121. The summed E-state index contributed by atoms with van der Waals surface area (Å²) in [5.41, 5.74) is 2.68. The van der Waals surface area contributed by atoms with Gasteiger partial charge in [0.05, 0.1) is 20.3 Å². The van der Waals surface area contributed by atoms with Crippen LogP contribution in [0.25, 0.3) is 11.3 Å². The number of ether oxygens (including phenoxy) is 2. The molecule has 1 N–H and O–H groups in total. The van der Waals surface area contributed by atoms with Crippen LogP contribution < -0.4 is 14.8 Å². The lowest BCUT2D eigenvalue weighted by molar-refractivity contribution is -0.125. The van der Waals surface area contributed by atoms with Crippen molar-refractivity contribution >= 4 is 5.91 Å². The smallest absolute Gasteiger partial charge is 0.223 e. The van der Waals surface area contributed by atoms with E-state index in [-0.39, 0.29) is 11.8 Å². The second-order valence-electron chi connectivity index (χ2n) is 6.77. The number of nitrogens with zero attached hydrogens (tertiary/aromatic N) is 1. The number of para-hydroxylation sites is 1. The minimum absolute atomic E-state index is 0.000339. The van der Waals surface area contributed by atoms with Crippen molar-refractivity contribution in [2.75, 3.05) is 13.7 Å². The van der Waals surface area contributed by atoms with Crippen LogP contribution in [0.2, 0.25) is 0 Å². The SMILES string of the molecule is COc1cccc(-c2cc(CNC(=O)[C@@H]3CCOc4ccccc4C3)on2)c1. The van der Waals surface area contributed by atoms with Gasteiger partial charge in [0.2, 0.25) is 5.91 Å².